The van der Waals surface area contributed by atoms with Crippen LogP contribution < -0.4 is 15.0 Å². The highest BCUT2D eigenvalue weighted by Crippen LogP contribution is 2.30. The molecule has 0 saturated carbocycles. The van der Waals surface area contributed by atoms with Crippen molar-refractivity contribution in [3.05, 3.63) is 23.8 Å². The lowest BCUT2D eigenvalue weighted by Crippen LogP contribution is -2.30. The Bertz CT molecular complexity index is 385. The average Bonchev–Trinajstić information content (AvgIpc) is 2.34. The molecule has 0 amide bonds. The Hall–Kier alpha value is -1.26. The molecule has 18 heavy (non-hydrogen) atoms. The number of nitrogens with one attached hydrogen (secondary N) is 1. The van der Waals surface area contributed by atoms with E-state index in [0.717, 1.165) is 17.1 Å². The van der Waals surface area contributed by atoms with E-state index < -0.39 is 0 Å². The van der Waals surface area contributed by atoms with Crippen LogP contribution in [-0.2, 0) is 4.84 Å². The SMILES string of the molecule is COc1ccc(C(C)NOC(C)(C)C)cc1OC. The number of benzene rings is 1. The summed E-state index contributed by atoms with van der Waals surface area (Å²) in [5, 5.41) is 0. The molecule has 0 aliphatic rings. The van der Waals surface area contributed by atoms with Crippen molar-refractivity contribution in [2.45, 2.75) is 39.3 Å². The first-order valence-electron chi connectivity index (χ1n) is 6.03. The Morgan fingerprint density at radius 2 is 1.67 bits per heavy atom. The van der Waals surface area contributed by atoms with Crippen molar-refractivity contribution < 1.29 is 14.3 Å². The van der Waals surface area contributed by atoms with E-state index >= 15 is 0 Å². The third-order valence-corrected chi connectivity index (χ3v) is 2.45. The molecule has 1 aromatic carbocycles. The second-order valence-corrected chi connectivity index (χ2v) is 5.17. The zero-order valence-corrected chi connectivity index (χ0v) is 12.0. The summed E-state index contributed by atoms with van der Waals surface area (Å²) in [6.07, 6.45) is 0. The monoisotopic (exact) mass is 253 g/mol. The first-order chi connectivity index (χ1) is 8.37. The third-order valence-electron chi connectivity index (χ3n) is 2.45. The second kappa shape index (κ2) is 6.07. The smallest absolute Gasteiger partial charge is 0.161 e. The number of hydrogen-bond donors (Lipinski definition) is 1. The molecule has 0 aromatic heterocycles. The number of rotatable bonds is 5. The van der Waals surface area contributed by atoms with E-state index in [9.17, 15) is 0 Å². The standard InChI is InChI=1S/C14H23NO3/c1-10(15-18-14(2,3)4)11-7-8-12(16-5)13(9-11)17-6/h7-10,15H,1-6H3. The maximum atomic E-state index is 5.55. The van der Waals surface area contributed by atoms with Gasteiger partial charge in [0.2, 0.25) is 0 Å². The summed E-state index contributed by atoms with van der Waals surface area (Å²) < 4.78 is 10.5. The minimum Gasteiger partial charge on any atom is -0.493 e. The number of ether oxygens (including phenoxy) is 2. The van der Waals surface area contributed by atoms with Crippen LogP contribution in [0.3, 0.4) is 0 Å². The highest BCUT2D eigenvalue weighted by atomic mass is 16.7. The van der Waals surface area contributed by atoms with Crippen LogP contribution in [0.4, 0.5) is 0 Å². The molecule has 1 rings (SSSR count). The Labute approximate surface area is 109 Å². The van der Waals surface area contributed by atoms with E-state index in [1.165, 1.54) is 0 Å². The van der Waals surface area contributed by atoms with Gasteiger partial charge in [0, 0.05) is 0 Å². The third kappa shape index (κ3) is 4.20. The van der Waals surface area contributed by atoms with Gasteiger partial charge in [-0.2, -0.15) is 5.48 Å². The van der Waals surface area contributed by atoms with Crippen LogP contribution in [0.15, 0.2) is 18.2 Å². The lowest BCUT2D eigenvalue weighted by Gasteiger charge is -2.23. The van der Waals surface area contributed by atoms with E-state index in [1.54, 1.807) is 14.2 Å². The van der Waals surface area contributed by atoms with E-state index in [2.05, 4.69) is 5.48 Å². The highest BCUT2D eigenvalue weighted by Gasteiger charge is 2.15. The summed E-state index contributed by atoms with van der Waals surface area (Å²) in [6.45, 7) is 8.04. The first-order valence-corrected chi connectivity index (χ1v) is 6.03. The second-order valence-electron chi connectivity index (χ2n) is 5.17. The zero-order valence-electron chi connectivity index (χ0n) is 12.0. The molecule has 0 aliphatic carbocycles. The lowest BCUT2D eigenvalue weighted by atomic mass is 10.1. The molecule has 0 bridgehead atoms. The van der Waals surface area contributed by atoms with Crippen LogP contribution in [0.2, 0.25) is 0 Å². The van der Waals surface area contributed by atoms with Crippen molar-refractivity contribution >= 4 is 0 Å². The van der Waals surface area contributed by atoms with Gasteiger partial charge in [0.25, 0.3) is 0 Å². The van der Waals surface area contributed by atoms with E-state index in [-0.39, 0.29) is 11.6 Å². The molecule has 4 nitrogen and oxygen atoms in total. The fourth-order valence-electron chi connectivity index (χ4n) is 1.46. The van der Waals surface area contributed by atoms with Gasteiger partial charge in [-0.25, -0.2) is 0 Å². The molecule has 4 heteroatoms. The molecule has 1 unspecified atom stereocenters. The summed E-state index contributed by atoms with van der Waals surface area (Å²) in [4.78, 5) is 5.55. The number of hydrogen-bond acceptors (Lipinski definition) is 4. The lowest BCUT2D eigenvalue weighted by molar-refractivity contribution is -0.0866. The molecular weight excluding hydrogens is 230 g/mol. The minimum absolute atomic E-state index is 0.0732. The average molecular weight is 253 g/mol. The van der Waals surface area contributed by atoms with E-state index in [0.29, 0.717) is 0 Å². The van der Waals surface area contributed by atoms with Gasteiger partial charge in [0.1, 0.15) is 0 Å². The topological polar surface area (TPSA) is 39.7 Å². The van der Waals surface area contributed by atoms with Crippen LogP contribution >= 0.6 is 0 Å². The van der Waals surface area contributed by atoms with Crippen LogP contribution in [0, 0.1) is 0 Å². The van der Waals surface area contributed by atoms with Crippen molar-refractivity contribution in [1.82, 2.24) is 5.48 Å². The molecular formula is C14H23NO3. The van der Waals surface area contributed by atoms with Gasteiger partial charge in [-0.15, -0.1) is 0 Å². The van der Waals surface area contributed by atoms with Gasteiger partial charge < -0.3 is 9.47 Å². The molecule has 1 atom stereocenters. The molecule has 0 heterocycles. The molecule has 1 aromatic rings. The highest BCUT2D eigenvalue weighted by molar-refractivity contribution is 5.43. The normalized spacial score (nSPS) is 13.2. The number of hydroxylamine groups is 1. The van der Waals surface area contributed by atoms with Crippen molar-refractivity contribution in [3.63, 3.8) is 0 Å². The van der Waals surface area contributed by atoms with Gasteiger partial charge in [0.05, 0.1) is 25.9 Å². The molecule has 0 radical (unpaired) electrons. The largest absolute Gasteiger partial charge is 0.493 e. The maximum Gasteiger partial charge on any atom is 0.161 e. The first kappa shape index (κ1) is 14.8. The molecule has 0 fully saturated rings. The Morgan fingerprint density at radius 1 is 1.06 bits per heavy atom. The predicted octanol–water partition coefficient (Wildman–Crippen LogP) is 3.08. The molecule has 0 spiro atoms. The fourth-order valence-corrected chi connectivity index (χ4v) is 1.46. The van der Waals surface area contributed by atoms with E-state index in [1.807, 2.05) is 45.9 Å². The van der Waals surface area contributed by atoms with Gasteiger partial charge >= 0.3 is 0 Å². The van der Waals surface area contributed by atoms with Crippen LogP contribution in [0.25, 0.3) is 0 Å². The summed E-state index contributed by atoms with van der Waals surface area (Å²) >= 11 is 0. The Morgan fingerprint density at radius 3 is 2.17 bits per heavy atom. The summed E-state index contributed by atoms with van der Waals surface area (Å²) in [5.74, 6) is 1.45. The zero-order chi connectivity index (χ0) is 13.8. The summed E-state index contributed by atoms with van der Waals surface area (Å²) in [6, 6.07) is 5.90. The fraction of sp³-hybridized carbons (Fsp3) is 0.571. The molecule has 0 saturated heterocycles. The molecule has 102 valence electrons. The minimum atomic E-state index is -0.217. The Kier molecular flexibility index (Phi) is 4.99. The van der Waals surface area contributed by atoms with Crippen molar-refractivity contribution in [2.24, 2.45) is 0 Å². The number of methoxy groups -OCH3 is 2. The molecule has 0 aliphatic heterocycles. The van der Waals surface area contributed by atoms with Crippen LogP contribution in [0.1, 0.15) is 39.3 Å². The van der Waals surface area contributed by atoms with Gasteiger partial charge in [-0.3, -0.25) is 4.84 Å². The summed E-state index contributed by atoms with van der Waals surface area (Å²) in [5.41, 5.74) is 3.89. The van der Waals surface area contributed by atoms with Crippen LogP contribution in [-0.4, -0.2) is 19.8 Å². The van der Waals surface area contributed by atoms with Crippen molar-refractivity contribution in [1.29, 1.82) is 0 Å². The summed E-state index contributed by atoms with van der Waals surface area (Å²) in [7, 11) is 3.26. The van der Waals surface area contributed by atoms with Crippen molar-refractivity contribution in [2.75, 3.05) is 14.2 Å². The van der Waals surface area contributed by atoms with Gasteiger partial charge in [-0.05, 0) is 45.4 Å². The van der Waals surface area contributed by atoms with Gasteiger partial charge in [0.15, 0.2) is 11.5 Å². The van der Waals surface area contributed by atoms with Gasteiger partial charge in [-0.1, -0.05) is 6.07 Å². The quantitative estimate of drug-likeness (QED) is 0.819. The Balaban J connectivity index is 2.77. The maximum absolute atomic E-state index is 5.55. The van der Waals surface area contributed by atoms with E-state index in [4.69, 9.17) is 14.3 Å². The predicted molar refractivity (Wildman–Crippen MR) is 71.9 cm³/mol. The van der Waals surface area contributed by atoms with Crippen molar-refractivity contribution in [3.8, 4) is 11.5 Å². The van der Waals surface area contributed by atoms with Crippen LogP contribution in [0.5, 0.6) is 11.5 Å². The molecule has 1 N–H and O–H groups in total.